The van der Waals surface area contributed by atoms with Crippen LogP contribution in [0.2, 0.25) is 0 Å². The average molecular weight is 799 g/mol. The summed E-state index contributed by atoms with van der Waals surface area (Å²) >= 11 is 1.76. The van der Waals surface area contributed by atoms with Crippen LogP contribution < -0.4 is 0 Å². The summed E-state index contributed by atoms with van der Waals surface area (Å²) in [7, 11) is 0. The van der Waals surface area contributed by atoms with Gasteiger partial charge in [-0.25, -0.2) is 19.9 Å². The highest BCUT2D eigenvalue weighted by molar-refractivity contribution is 7.99. The van der Waals surface area contributed by atoms with Crippen molar-refractivity contribution < 1.29 is 0 Å². The fourth-order valence-corrected chi connectivity index (χ4v) is 8.19. The Kier molecular flexibility index (Phi) is 10.6. The molecule has 8 aromatic carbocycles. The van der Waals surface area contributed by atoms with Crippen LogP contribution in [-0.2, 0) is 0 Å². The second kappa shape index (κ2) is 17.2. The van der Waals surface area contributed by atoms with Crippen LogP contribution in [0.1, 0.15) is 0 Å². The third kappa shape index (κ3) is 8.55. The van der Waals surface area contributed by atoms with Gasteiger partial charge < -0.3 is 0 Å². The summed E-state index contributed by atoms with van der Waals surface area (Å²) in [6.45, 7) is 0. The molecule has 0 aliphatic carbocycles. The molecule has 0 bridgehead atoms. The highest BCUT2D eigenvalue weighted by atomic mass is 32.2. The molecule has 4 nitrogen and oxygen atoms in total. The van der Waals surface area contributed by atoms with Crippen molar-refractivity contribution in [2.75, 3.05) is 0 Å². The van der Waals surface area contributed by atoms with Gasteiger partial charge in [-0.3, -0.25) is 0 Å². The third-order valence-corrected chi connectivity index (χ3v) is 11.6. The van der Waals surface area contributed by atoms with E-state index >= 15 is 0 Å². The Hall–Kier alpha value is -7.73. The molecule has 0 atom stereocenters. The fourth-order valence-electron chi connectivity index (χ4n) is 7.37. The summed E-state index contributed by atoms with van der Waals surface area (Å²) in [5, 5.41) is 0. The Morgan fingerprint density at radius 2 is 0.443 bits per heavy atom. The van der Waals surface area contributed by atoms with Crippen molar-refractivity contribution in [2.24, 2.45) is 0 Å². The SMILES string of the molecule is c1ccc(-c2cc(-c3ccc(-c4ccc(Sc5ccc(-c6ccc(-c7cc(-c8ccccc8)nc(-c8ccccc8)n7)cc6)cc5)cc4)cc3)nc(-c3ccccc3)n2)cc1. The van der Waals surface area contributed by atoms with E-state index in [1.807, 2.05) is 72.8 Å². The molecule has 5 heteroatoms. The van der Waals surface area contributed by atoms with Gasteiger partial charge in [0.1, 0.15) is 0 Å². The summed E-state index contributed by atoms with van der Waals surface area (Å²) < 4.78 is 0. The monoisotopic (exact) mass is 798 g/mol. The summed E-state index contributed by atoms with van der Waals surface area (Å²) in [6, 6.07) is 79.9. The van der Waals surface area contributed by atoms with Gasteiger partial charge in [0.2, 0.25) is 0 Å². The predicted molar refractivity (Wildman–Crippen MR) is 252 cm³/mol. The molecule has 10 aromatic rings. The zero-order valence-corrected chi connectivity index (χ0v) is 34.0. The second-order valence-corrected chi connectivity index (χ2v) is 15.8. The van der Waals surface area contributed by atoms with Crippen molar-refractivity contribution in [3.63, 3.8) is 0 Å². The maximum atomic E-state index is 5.00. The topological polar surface area (TPSA) is 51.6 Å². The van der Waals surface area contributed by atoms with Crippen LogP contribution in [0.4, 0.5) is 0 Å². The van der Waals surface area contributed by atoms with E-state index in [0.717, 1.165) is 67.3 Å². The summed E-state index contributed by atoms with van der Waals surface area (Å²) in [4.78, 5) is 22.2. The van der Waals surface area contributed by atoms with Crippen LogP contribution in [0.25, 0.3) is 90.1 Å². The van der Waals surface area contributed by atoms with E-state index in [1.54, 1.807) is 11.8 Å². The Bertz CT molecular complexity index is 2700. The Labute approximate surface area is 360 Å². The molecule has 0 N–H and O–H groups in total. The van der Waals surface area contributed by atoms with E-state index in [4.69, 9.17) is 19.9 Å². The maximum Gasteiger partial charge on any atom is 0.160 e. The van der Waals surface area contributed by atoms with Gasteiger partial charge >= 0.3 is 0 Å². The smallest absolute Gasteiger partial charge is 0.160 e. The van der Waals surface area contributed by atoms with Crippen LogP contribution in [0.3, 0.4) is 0 Å². The van der Waals surface area contributed by atoms with Gasteiger partial charge in [0.25, 0.3) is 0 Å². The van der Waals surface area contributed by atoms with Crippen LogP contribution >= 0.6 is 11.8 Å². The third-order valence-electron chi connectivity index (χ3n) is 10.6. The second-order valence-electron chi connectivity index (χ2n) is 14.7. The van der Waals surface area contributed by atoms with Crippen molar-refractivity contribution in [3.05, 3.63) is 231 Å². The lowest BCUT2D eigenvalue weighted by Crippen LogP contribution is -1.95. The molecule has 2 heterocycles. The lowest BCUT2D eigenvalue weighted by Gasteiger charge is -2.10. The fraction of sp³-hybridized carbons (Fsp3) is 0. The molecule has 0 saturated heterocycles. The zero-order chi connectivity index (χ0) is 40.8. The maximum absolute atomic E-state index is 5.00. The molecule has 2 aromatic heterocycles. The van der Waals surface area contributed by atoms with Gasteiger partial charge in [-0.2, -0.15) is 0 Å². The van der Waals surface area contributed by atoms with Crippen molar-refractivity contribution in [2.45, 2.75) is 9.79 Å². The number of hydrogen-bond donors (Lipinski definition) is 0. The van der Waals surface area contributed by atoms with E-state index in [0.29, 0.717) is 11.6 Å². The molecule has 0 saturated carbocycles. The first-order chi connectivity index (χ1) is 30.2. The molecular weight excluding hydrogens is 761 g/mol. The van der Waals surface area contributed by atoms with E-state index in [9.17, 15) is 0 Å². The van der Waals surface area contributed by atoms with E-state index in [1.165, 1.54) is 20.9 Å². The lowest BCUT2D eigenvalue weighted by molar-refractivity contribution is 1.18. The molecule has 0 fully saturated rings. The van der Waals surface area contributed by atoms with Crippen LogP contribution in [0.5, 0.6) is 0 Å². The minimum Gasteiger partial charge on any atom is -0.228 e. The number of aromatic nitrogens is 4. The van der Waals surface area contributed by atoms with Gasteiger partial charge in [-0.1, -0.05) is 206 Å². The van der Waals surface area contributed by atoms with Gasteiger partial charge in [-0.05, 0) is 58.7 Å². The molecule has 0 spiro atoms. The first-order valence-corrected chi connectivity index (χ1v) is 21.1. The van der Waals surface area contributed by atoms with Crippen LogP contribution in [0, 0.1) is 0 Å². The number of nitrogens with zero attached hydrogens (tertiary/aromatic N) is 4. The summed E-state index contributed by atoms with van der Waals surface area (Å²) in [5.41, 5.74) is 14.5. The molecule has 0 unspecified atom stereocenters. The minimum absolute atomic E-state index is 0.716. The van der Waals surface area contributed by atoms with E-state index in [2.05, 4.69) is 158 Å². The van der Waals surface area contributed by atoms with Gasteiger partial charge in [0.15, 0.2) is 11.6 Å². The van der Waals surface area contributed by atoms with Gasteiger partial charge in [-0.15, -0.1) is 0 Å². The molecule has 61 heavy (non-hydrogen) atoms. The Morgan fingerprint density at radius 3 is 0.738 bits per heavy atom. The minimum atomic E-state index is 0.716. The van der Waals surface area contributed by atoms with Crippen molar-refractivity contribution in [1.29, 1.82) is 0 Å². The lowest BCUT2D eigenvalue weighted by atomic mass is 10.0. The molecule has 0 radical (unpaired) electrons. The zero-order valence-electron chi connectivity index (χ0n) is 33.1. The number of benzene rings is 8. The van der Waals surface area contributed by atoms with Crippen LogP contribution in [-0.4, -0.2) is 19.9 Å². The predicted octanol–water partition coefficient (Wildman–Crippen LogP) is 14.8. The standard InChI is InChI=1S/C56H38N4S/c1-5-13-43(14-6-1)51-37-53(59-55(57-51)47-17-9-3-10-18-47)45-25-21-39(22-26-45)41-29-33-49(34-30-41)61-50-35-31-42(32-36-50)40-23-27-46(28-24-40)54-38-52(44-15-7-2-8-16-44)58-56(60-54)48-19-11-4-12-20-48/h1-38H. The Morgan fingerprint density at radius 1 is 0.213 bits per heavy atom. The van der Waals surface area contributed by atoms with Crippen molar-refractivity contribution in [3.8, 4) is 90.1 Å². The highest BCUT2D eigenvalue weighted by Crippen LogP contribution is 2.34. The van der Waals surface area contributed by atoms with Crippen molar-refractivity contribution in [1.82, 2.24) is 19.9 Å². The summed E-state index contributed by atoms with van der Waals surface area (Å²) in [5.74, 6) is 1.43. The van der Waals surface area contributed by atoms with Gasteiger partial charge in [0, 0.05) is 43.2 Å². The van der Waals surface area contributed by atoms with E-state index in [-0.39, 0.29) is 0 Å². The van der Waals surface area contributed by atoms with E-state index < -0.39 is 0 Å². The molecular formula is C56H38N4S. The first kappa shape index (κ1) is 37.5. The van der Waals surface area contributed by atoms with Crippen LogP contribution in [0.15, 0.2) is 240 Å². The highest BCUT2D eigenvalue weighted by Gasteiger charge is 2.13. The molecule has 10 rings (SSSR count). The molecule has 0 amide bonds. The molecule has 0 aliphatic heterocycles. The summed E-state index contributed by atoms with van der Waals surface area (Å²) in [6.07, 6.45) is 0. The normalized spacial score (nSPS) is 11.0. The largest absolute Gasteiger partial charge is 0.228 e. The first-order valence-electron chi connectivity index (χ1n) is 20.3. The number of rotatable bonds is 10. The Balaban J connectivity index is 0.827. The number of hydrogen-bond acceptors (Lipinski definition) is 5. The molecule has 0 aliphatic rings. The quantitative estimate of drug-likeness (QED) is 0.138. The van der Waals surface area contributed by atoms with Crippen molar-refractivity contribution >= 4 is 11.8 Å². The van der Waals surface area contributed by atoms with Gasteiger partial charge in [0.05, 0.1) is 22.8 Å². The molecule has 288 valence electrons. The average Bonchev–Trinajstić information content (AvgIpc) is 3.35.